The van der Waals surface area contributed by atoms with Crippen LogP contribution in [0.5, 0.6) is 0 Å². The van der Waals surface area contributed by atoms with Gasteiger partial charge in [-0.1, -0.05) is 0 Å². The van der Waals surface area contributed by atoms with Crippen LogP contribution in [0.1, 0.15) is 25.3 Å². The van der Waals surface area contributed by atoms with Gasteiger partial charge in [0.15, 0.2) is 5.96 Å². The van der Waals surface area contributed by atoms with Crippen molar-refractivity contribution in [1.82, 2.24) is 15.5 Å². The van der Waals surface area contributed by atoms with E-state index in [4.69, 9.17) is 0 Å². The first-order chi connectivity index (χ1) is 11.1. The lowest BCUT2D eigenvalue weighted by molar-refractivity contribution is 0.210. The Bertz CT molecular complexity index is 533. The molecule has 0 aromatic heterocycles. The van der Waals surface area contributed by atoms with Gasteiger partial charge in [0.25, 0.3) is 0 Å². The van der Waals surface area contributed by atoms with Crippen molar-refractivity contribution < 1.29 is 8.78 Å². The van der Waals surface area contributed by atoms with E-state index < -0.39 is 11.6 Å². The molecule has 0 aliphatic carbocycles. The van der Waals surface area contributed by atoms with E-state index >= 15 is 0 Å². The molecule has 1 atom stereocenters. The highest BCUT2D eigenvalue weighted by Crippen LogP contribution is 2.14. The third-order valence-corrected chi connectivity index (χ3v) is 4.04. The quantitative estimate of drug-likeness (QED) is 0.645. The topological polar surface area (TPSA) is 39.7 Å². The van der Waals surface area contributed by atoms with Crippen LogP contribution in [0.15, 0.2) is 23.2 Å². The van der Waals surface area contributed by atoms with Gasteiger partial charge in [-0.3, -0.25) is 0 Å². The molecular weight excluding hydrogens is 298 g/mol. The molecule has 0 amide bonds. The zero-order chi connectivity index (χ0) is 16.7. The fraction of sp³-hybridized carbons (Fsp3) is 0.588. The molecule has 1 saturated heterocycles. The number of nitrogens with one attached hydrogen (secondary N) is 2. The van der Waals surface area contributed by atoms with E-state index in [1.807, 2.05) is 6.92 Å². The van der Waals surface area contributed by atoms with Crippen molar-refractivity contribution in [2.75, 3.05) is 33.2 Å². The number of piperidine rings is 1. The molecule has 0 radical (unpaired) electrons. The minimum Gasteiger partial charge on any atom is -0.357 e. The molecule has 0 spiro atoms. The van der Waals surface area contributed by atoms with E-state index in [1.54, 1.807) is 0 Å². The summed E-state index contributed by atoms with van der Waals surface area (Å²) >= 11 is 0. The van der Waals surface area contributed by atoms with E-state index in [0.29, 0.717) is 11.9 Å². The lowest BCUT2D eigenvalue weighted by Crippen LogP contribution is -2.43. The number of guanidine groups is 1. The Morgan fingerprint density at radius 1 is 1.35 bits per heavy atom. The maximum Gasteiger partial charge on any atom is 0.191 e. The van der Waals surface area contributed by atoms with E-state index in [-0.39, 0.29) is 12.1 Å². The van der Waals surface area contributed by atoms with E-state index in [1.165, 1.54) is 18.9 Å². The van der Waals surface area contributed by atoms with Gasteiger partial charge >= 0.3 is 0 Å². The Morgan fingerprint density at radius 2 is 2.17 bits per heavy atom. The van der Waals surface area contributed by atoms with Crippen molar-refractivity contribution in [2.24, 2.45) is 10.9 Å². The maximum absolute atomic E-state index is 13.6. The summed E-state index contributed by atoms with van der Waals surface area (Å²) in [4.78, 5) is 6.70. The first kappa shape index (κ1) is 17.7. The number of likely N-dealkylation sites (tertiary alicyclic amines) is 1. The Hall–Kier alpha value is -1.69. The lowest BCUT2D eigenvalue weighted by atomic mass is 9.99. The average molecular weight is 324 g/mol. The van der Waals surface area contributed by atoms with Crippen molar-refractivity contribution in [3.63, 3.8) is 0 Å². The van der Waals surface area contributed by atoms with Crippen molar-refractivity contribution in [2.45, 2.75) is 26.3 Å². The van der Waals surface area contributed by atoms with Gasteiger partial charge in [0.2, 0.25) is 0 Å². The van der Waals surface area contributed by atoms with Gasteiger partial charge in [0.05, 0.1) is 6.54 Å². The predicted octanol–water partition coefficient (Wildman–Crippen LogP) is 2.36. The second-order valence-corrected chi connectivity index (χ2v) is 6.08. The summed E-state index contributed by atoms with van der Waals surface area (Å²) in [6.45, 7) is 5.89. The monoisotopic (exact) mass is 324 g/mol. The number of hydrogen-bond acceptors (Lipinski definition) is 2. The van der Waals surface area contributed by atoms with Crippen LogP contribution < -0.4 is 10.6 Å². The zero-order valence-electron chi connectivity index (χ0n) is 13.9. The van der Waals surface area contributed by atoms with Crippen LogP contribution in [-0.4, -0.2) is 44.1 Å². The fourth-order valence-electron chi connectivity index (χ4n) is 2.85. The smallest absolute Gasteiger partial charge is 0.191 e. The normalized spacial score (nSPS) is 19.7. The van der Waals surface area contributed by atoms with E-state index in [9.17, 15) is 8.78 Å². The molecule has 128 valence electrons. The van der Waals surface area contributed by atoms with E-state index in [2.05, 4.69) is 27.6 Å². The first-order valence-corrected chi connectivity index (χ1v) is 8.23. The maximum atomic E-state index is 13.6. The summed E-state index contributed by atoms with van der Waals surface area (Å²) in [7, 11) is 2.14. The molecule has 1 aromatic rings. The highest BCUT2D eigenvalue weighted by atomic mass is 19.1. The molecule has 6 heteroatoms. The van der Waals surface area contributed by atoms with Crippen LogP contribution in [0.25, 0.3) is 0 Å². The van der Waals surface area contributed by atoms with Crippen LogP contribution in [0.3, 0.4) is 0 Å². The molecule has 0 saturated carbocycles. The van der Waals surface area contributed by atoms with Crippen molar-refractivity contribution in [3.05, 3.63) is 35.4 Å². The van der Waals surface area contributed by atoms with Gasteiger partial charge in [-0.2, -0.15) is 0 Å². The molecule has 1 fully saturated rings. The van der Waals surface area contributed by atoms with Crippen molar-refractivity contribution >= 4 is 5.96 Å². The Kier molecular flexibility index (Phi) is 6.77. The highest BCUT2D eigenvalue weighted by Gasteiger charge is 2.17. The third kappa shape index (κ3) is 5.78. The SMILES string of the molecule is CCNC(=NCc1cc(F)ccc1F)NCC1CCCN(C)C1. The number of nitrogens with zero attached hydrogens (tertiary/aromatic N) is 2. The molecule has 23 heavy (non-hydrogen) atoms. The van der Waals surface area contributed by atoms with Crippen LogP contribution in [0.2, 0.25) is 0 Å². The second kappa shape index (κ2) is 8.82. The van der Waals surface area contributed by atoms with Gasteiger partial charge < -0.3 is 15.5 Å². The van der Waals surface area contributed by atoms with Gasteiger partial charge in [-0.25, -0.2) is 13.8 Å². The van der Waals surface area contributed by atoms with Gasteiger partial charge in [-0.05, 0) is 57.5 Å². The van der Waals surface area contributed by atoms with Crippen LogP contribution in [0.4, 0.5) is 8.78 Å². The Balaban J connectivity index is 1.92. The Labute approximate surface area is 137 Å². The third-order valence-electron chi connectivity index (χ3n) is 4.04. The molecule has 0 bridgehead atoms. The number of aliphatic imine (C=N–C) groups is 1. The minimum absolute atomic E-state index is 0.115. The molecule has 4 nitrogen and oxygen atoms in total. The van der Waals surface area contributed by atoms with Gasteiger partial charge in [-0.15, -0.1) is 0 Å². The molecule has 2 rings (SSSR count). The summed E-state index contributed by atoms with van der Waals surface area (Å²) in [5.41, 5.74) is 0.264. The highest BCUT2D eigenvalue weighted by molar-refractivity contribution is 5.79. The molecule has 1 aliphatic heterocycles. The number of halogens is 2. The standard InChI is InChI=1S/C17H26F2N4/c1-3-20-17(21-10-13-5-4-8-23(2)12-13)22-11-14-9-15(18)6-7-16(14)19/h6-7,9,13H,3-5,8,10-12H2,1-2H3,(H2,20,21,22). The average Bonchev–Trinajstić information content (AvgIpc) is 2.53. The van der Waals surface area contributed by atoms with E-state index in [0.717, 1.165) is 38.3 Å². The molecule has 1 heterocycles. The molecule has 1 aliphatic rings. The first-order valence-electron chi connectivity index (χ1n) is 8.23. The Morgan fingerprint density at radius 3 is 2.91 bits per heavy atom. The number of benzene rings is 1. The summed E-state index contributed by atoms with van der Waals surface area (Å²) in [5.74, 6) is 0.354. The number of hydrogen-bond donors (Lipinski definition) is 2. The molecule has 2 N–H and O–H groups in total. The summed E-state index contributed by atoms with van der Waals surface area (Å²) in [6, 6.07) is 3.45. The molecule has 1 unspecified atom stereocenters. The summed E-state index contributed by atoms with van der Waals surface area (Å²) in [5, 5.41) is 6.46. The van der Waals surface area contributed by atoms with Gasteiger partial charge in [0, 0.05) is 25.2 Å². The zero-order valence-corrected chi connectivity index (χ0v) is 13.9. The van der Waals surface area contributed by atoms with Crippen LogP contribution >= 0.6 is 0 Å². The van der Waals surface area contributed by atoms with Crippen molar-refractivity contribution in [1.29, 1.82) is 0 Å². The van der Waals surface area contributed by atoms with Crippen LogP contribution in [-0.2, 0) is 6.54 Å². The van der Waals surface area contributed by atoms with Crippen molar-refractivity contribution in [3.8, 4) is 0 Å². The second-order valence-electron chi connectivity index (χ2n) is 6.08. The predicted molar refractivity (Wildman–Crippen MR) is 89.4 cm³/mol. The van der Waals surface area contributed by atoms with Gasteiger partial charge in [0.1, 0.15) is 11.6 Å². The molecule has 1 aromatic carbocycles. The van der Waals surface area contributed by atoms with Crippen LogP contribution in [0, 0.1) is 17.6 Å². The largest absolute Gasteiger partial charge is 0.357 e. The fourth-order valence-corrected chi connectivity index (χ4v) is 2.85. The molecular formula is C17H26F2N4. The summed E-state index contributed by atoms with van der Waals surface area (Å²) in [6.07, 6.45) is 2.42. The summed E-state index contributed by atoms with van der Waals surface area (Å²) < 4.78 is 26.8. The number of rotatable bonds is 5. The minimum atomic E-state index is -0.445. The lowest BCUT2D eigenvalue weighted by Gasteiger charge is -2.30.